The molecule has 1 fully saturated rings. The molecule has 0 aromatic heterocycles. The molecule has 3 aromatic carbocycles. The second-order valence-electron chi connectivity index (χ2n) is 8.47. The van der Waals surface area contributed by atoms with Gasteiger partial charge in [-0.3, -0.25) is 14.6 Å². The Bertz CT molecular complexity index is 974. The molecule has 0 unspecified atom stereocenters. The van der Waals surface area contributed by atoms with Gasteiger partial charge >= 0.3 is 0 Å². The first-order valence-electron chi connectivity index (χ1n) is 11.1. The van der Waals surface area contributed by atoms with Gasteiger partial charge in [-0.2, -0.15) is 0 Å². The number of carbonyl (C=O) groups excluding carboxylic acids is 1. The average Bonchev–Trinajstić information content (AvgIpc) is 2.97. The Kier molecular flexibility index (Phi) is 5.37. The van der Waals surface area contributed by atoms with Gasteiger partial charge in [0.1, 0.15) is 0 Å². The molecule has 0 radical (unpaired) electrons. The molecule has 3 heteroatoms. The molecule has 1 amide bonds. The Morgan fingerprint density at radius 3 is 1.87 bits per heavy atom. The maximum absolute atomic E-state index is 13.8. The van der Waals surface area contributed by atoms with Gasteiger partial charge < -0.3 is 0 Å². The molecule has 1 saturated heterocycles. The lowest BCUT2D eigenvalue weighted by Gasteiger charge is -2.35. The van der Waals surface area contributed by atoms with Gasteiger partial charge in [0, 0.05) is 12.5 Å². The summed E-state index contributed by atoms with van der Waals surface area (Å²) in [4.78, 5) is 18.3. The minimum absolute atomic E-state index is 0.0798. The Morgan fingerprint density at radius 1 is 0.733 bits per heavy atom. The van der Waals surface area contributed by atoms with Crippen LogP contribution in [-0.2, 0) is 24.2 Å². The molecule has 3 nitrogen and oxygen atoms in total. The third kappa shape index (κ3) is 3.78. The number of piperidine rings is 1. The van der Waals surface area contributed by atoms with Gasteiger partial charge in [-0.05, 0) is 67.6 Å². The topological polar surface area (TPSA) is 23.6 Å². The standard InChI is InChI=1S/C27H28N2O/c30-27(24-16-18-28(19-17-24)20-21-8-2-1-3-9-21)29-25-12-6-4-10-22(25)14-15-23-11-5-7-13-26(23)29/h1-13,24H,14-20H2. The summed E-state index contributed by atoms with van der Waals surface area (Å²) in [6.07, 6.45) is 3.80. The molecular formula is C27H28N2O. The number of likely N-dealkylation sites (tertiary alicyclic amines) is 1. The van der Waals surface area contributed by atoms with Gasteiger partial charge in [-0.25, -0.2) is 0 Å². The van der Waals surface area contributed by atoms with E-state index < -0.39 is 0 Å². The van der Waals surface area contributed by atoms with Crippen LogP contribution >= 0.6 is 0 Å². The van der Waals surface area contributed by atoms with Crippen LogP contribution in [0.25, 0.3) is 0 Å². The minimum Gasteiger partial charge on any atom is -0.299 e. The van der Waals surface area contributed by atoms with Crippen molar-refractivity contribution in [1.82, 2.24) is 4.90 Å². The third-order valence-corrected chi connectivity index (χ3v) is 6.53. The lowest BCUT2D eigenvalue weighted by atomic mass is 9.94. The second-order valence-corrected chi connectivity index (χ2v) is 8.47. The van der Waals surface area contributed by atoms with Crippen molar-refractivity contribution in [2.75, 3.05) is 18.0 Å². The Labute approximate surface area is 178 Å². The lowest BCUT2D eigenvalue weighted by Crippen LogP contribution is -2.41. The van der Waals surface area contributed by atoms with Crippen molar-refractivity contribution in [3.05, 3.63) is 95.6 Å². The highest BCUT2D eigenvalue weighted by atomic mass is 16.2. The third-order valence-electron chi connectivity index (χ3n) is 6.53. The van der Waals surface area contributed by atoms with Gasteiger partial charge in [0.2, 0.25) is 5.91 Å². The summed E-state index contributed by atoms with van der Waals surface area (Å²) in [6, 6.07) is 27.5. The van der Waals surface area contributed by atoms with Crippen LogP contribution in [0.3, 0.4) is 0 Å². The first-order chi connectivity index (χ1) is 14.8. The number of benzene rings is 3. The number of rotatable bonds is 3. The zero-order valence-electron chi connectivity index (χ0n) is 17.3. The van der Waals surface area contributed by atoms with Crippen molar-refractivity contribution >= 4 is 17.3 Å². The molecule has 0 spiro atoms. The van der Waals surface area contributed by atoms with E-state index >= 15 is 0 Å². The minimum atomic E-state index is 0.0798. The molecule has 2 aliphatic rings. The molecule has 30 heavy (non-hydrogen) atoms. The number of fused-ring (bicyclic) bond motifs is 2. The average molecular weight is 397 g/mol. The zero-order chi connectivity index (χ0) is 20.3. The van der Waals surface area contributed by atoms with Crippen molar-refractivity contribution in [1.29, 1.82) is 0 Å². The number of anilines is 2. The number of para-hydroxylation sites is 2. The summed E-state index contributed by atoms with van der Waals surface area (Å²) in [5.41, 5.74) is 6.02. The summed E-state index contributed by atoms with van der Waals surface area (Å²) >= 11 is 0. The Hall–Kier alpha value is -2.91. The molecule has 2 heterocycles. The van der Waals surface area contributed by atoms with Gasteiger partial charge in [0.15, 0.2) is 0 Å². The summed E-state index contributed by atoms with van der Waals surface area (Å²) in [7, 11) is 0. The van der Waals surface area contributed by atoms with Crippen LogP contribution in [0.15, 0.2) is 78.9 Å². The number of aryl methyl sites for hydroxylation is 2. The number of amides is 1. The van der Waals surface area contributed by atoms with Crippen LogP contribution in [0, 0.1) is 5.92 Å². The molecule has 0 N–H and O–H groups in total. The smallest absolute Gasteiger partial charge is 0.234 e. The highest BCUT2D eigenvalue weighted by Gasteiger charge is 2.32. The maximum Gasteiger partial charge on any atom is 0.234 e. The predicted octanol–water partition coefficient (Wildman–Crippen LogP) is 5.36. The molecule has 0 aliphatic carbocycles. The monoisotopic (exact) mass is 396 g/mol. The van der Waals surface area contributed by atoms with Gasteiger partial charge in [0.25, 0.3) is 0 Å². The number of hydrogen-bond acceptors (Lipinski definition) is 2. The van der Waals surface area contributed by atoms with E-state index in [9.17, 15) is 4.79 Å². The van der Waals surface area contributed by atoms with Crippen LogP contribution in [0.4, 0.5) is 11.4 Å². The molecule has 5 rings (SSSR count). The SMILES string of the molecule is O=C(C1CCN(Cc2ccccc2)CC1)N1c2ccccc2CCc2ccccc21. The van der Waals surface area contributed by atoms with Crippen LogP contribution in [0.1, 0.15) is 29.5 Å². The maximum atomic E-state index is 13.8. The van der Waals surface area contributed by atoms with Crippen molar-refractivity contribution in [3.63, 3.8) is 0 Å². The molecule has 2 aliphatic heterocycles. The number of hydrogen-bond donors (Lipinski definition) is 0. The molecule has 152 valence electrons. The summed E-state index contributed by atoms with van der Waals surface area (Å²) < 4.78 is 0. The van der Waals surface area contributed by atoms with Crippen molar-refractivity contribution < 1.29 is 4.79 Å². The summed E-state index contributed by atoms with van der Waals surface area (Å²) in [6.45, 7) is 2.92. The Balaban J connectivity index is 1.36. The number of nitrogens with zero attached hydrogens (tertiary/aromatic N) is 2. The lowest BCUT2D eigenvalue weighted by molar-refractivity contribution is -0.123. The second kappa shape index (κ2) is 8.45. The van der Waals surface area contributed by atoms with Crippen LogP contribution in [-0.4, -0.2) is 23.9 Å². The fourth-order valence-electron chi connectivity index (χ4n) is 4.88. The van der Waals surface area contributed by atoms with E-state index in [0.717, 1.165) is 56.7 Å². The fourth-order valence-corrected chi connectivity index (χ4v) is 4.88. The van der Waals surface area contributed by atoms with E-state index in [2.05, 4.69) is 83.8 Å². The van der Waals surface area contributed by atoms with Crippen molar-refractivity contribution in [3.8, 4) is 0 Å². The Morgan fingerprint density at radius 2 is 1.27 bits per heavy atom. The molecular weight excluding hydrogens is 368 g/mol. The van der Waals surface area contributed by atoms with E-state index in [-0.39, 0.29) is 11.8 Å². The van der Waals surface area contributed by atoms with Crippen LogP contribution < -0.4 is 4.90 Å². The predicted molar refractivity (Wildman–Crippen MR) is 122 cm³/mol. The fraction of sp³-hybridized carbons (Fsp3) is 0.296. The van der Waals surface area contributed by atoms with E-state index in [1.165, 1.54) is 16.7 Å². The van der Waals surface area contributed by atoms with Crippen molar-refractivity contribution in [2.45, 2.75) is 32.2 Å². The van der Waals surface area contributed by atoms with Gasteiger partial charge in [-0.1, -0.05) is 66.7 Å². The quantitative estimate of drug-likeness (QED) is 0.595. The van der Waals surface area contributed by atoms with E-state index in [1.807, 2.05) is 4.90 Å². The van der Waals surface area contributed by atoms with Crippen molar-refractivity contribution in [2.24, 2.45) is 5.92 Å². The van der Waals surface area contributed by atoms with E-state index in [0.29, 0.717) is 0 Å². The van der Waals surface area contributed by atoms with Crippen LogP contribution in [0.2, 0.25) is 0 Å². The van der Waals surface area contributed by atoms with Gasteiger partial charge in [0.05, 0.1) is 11.4 Å². The molecule has 3 aromatic rings. The first-order valence-corrected chi connectivity index (χ1v) is 11.1. The first kappa shape index (κ1) is 19.1. The molecule has 0 atom stereocenters. The zero-order valence-corrected chi connectivity index (χ0v) is 17.3. The van der Waals surface area contributed by atoms with E-state index in [1.54, 1.807) is 0 Å². The van der Waals surface area contributed by atoms with E-state index in [4.69, 9.17) is 0 Å². The highest BCUT2D eigenvalue weighted by Crippen LogP contribution is 2.38. The number of carbonyl (C=O) groups is 1. The summed E-state index contributed by atoms with van der Waals surface area (Å²) in [5.74, 6) is 0.340. The normalized spacial score (nSPS) is 17.1. The molecule has 0 bridgehead atoms. The molecule has 0 saturated carbocycles. The summed E-state index contributed by atoms with van der Waals surface area (Å²) in [5, 5.41) is 0. The van der Waals surface area contributed by atoms with Crippen LogP contribution in [0.5, 0.6) is 0 Å². The highest BCUT2D eigenvalue weighted by molar-refractivity contribution is 6.03. The largest absolute Gasteiger partial charge is 0.299 e. The van der Waals surface area contributed by atoms with Gasteiger partial charge in [-0.15, -0.1) is 0 Å².